The average molecular weight is 269 g/mol. The summed E-state index contributed by atoms with van der Waals surface area (Å²) >= 11 is 0. The molecule has 2 rings (SSSR count). The van der Waals surface area contributed by atoms with Crippen LogP contribution in [0.15, 0.2) is 24.3 Å². The van der Waals surface area contributed by atoms with Gasteiger partial charge in [-0.05, 0) is 38.3 Å². The highest BCUT2D eigenvalue weighted by Crippen LogP contribution is 2.55. The Morgan fingerprint density at radius 1 is 1.28 bits per heavy atom. The lowest BCUT2D eigenvalue weighted by Crippen LogP contribution is -2.27. The predicted molar refractivity (Wildman–Crippen MR) is 73.0 cm³/mol. The molecule has 1 aliphatic heterocycles. The van der Waals surface area contributed by atoms with Crippen molar-refractivity contribution in [3.63, 3.8) is 0 Å². The molecule has 5 heteroatoms. The third-order valence-corrected chi connectivity index (χ3v) is 5.41. The Morgan fingerprint density at radius 3 is 2.61 bits per heavy atom. The van der Waals surface area contributed by atoms with Gasteiger partial charge in [-0.3, -0.25) is 4.57 Å². The number of nitrogens with one attached hydrogen (secondary N) is 1. The second-order valence-electron chi connectivity index (χ2n) is 4.23. The first-order chi connectivity index (χ1) is 8.69. The molecule has 1 aromatic rings. The minimum atomic E-state index is -3.06. The Labute approximate surface area is 108 Å². The van der Waals surface area contributed by atoms with Crippen molar-refractivity contribution in [2.75, 3.05) is 18.5 Å². The summed E-state index contributed by atoms with van der Waals surface area (Å²) in [6.07, 6.45) is 1.67. The normalized spacial score (nSPS) is 19.1. The van der Waals surface area contributed by atoms with Gasteiger partial charge in [-0.25, -0.2) is 0 Å². The molecule has 18 heavy (non-hydrogen) atoms. The highest BCUT2D eigenvalue weighted by molar-refractivity contribution is 7.54. The maximum atomic E-state index is 12.7. The smallest absolute Gasteiger partial charge is 0.352 e. The largest absolute Gasteiger partial charge is 0.371 e. The van der Waals surface area contributed by atoms with Gasteiger partial charge in [0.1, 0.15) is 5.78 Å². The maximum absolute atomic E-state index is 12.7. The number of para-hydroxylation sites is 1. The summed E-state index contributed by atoms with van der Waals surface area (Å²) in [5.41, 5.74) is 2.29. The fourth-order valence-electron chi connectivity index (χ4n) is 2.24. The van der Waals surface area contributed by atoms with Crippen LogP contribution in [0.1, 0.15) is 25.8 Å². The monoisotopic (exact) mass is 269 g/mol. The average Bonchev–Trinajstić information content (AvgIpc) is 2.39. The molecule has 0 aliphatic carbocycles. The zero-order chi connectivity index (χ0) is 13.0. The third kappa shape index (κ3) is 2.77. The van der Waals surface area contributed by atoms with E-state index in [-0.39, 0.29) is 5.78 Å². The fourth-order valence-corrected chi connectivity index (χ4v) is 4.13. The Balaban J connectivity index is 2.18. The minimum Gasteiger partial charge on any atom is -0.371 e. The first-order valence-corrected chi connectivity index (χ1v) is 8.04. The summed E-state index contributed by atoms with van der Waals surface area (Å²) < 4.78 is 23.5. The molecule has 4 nitrogen and oxygen atoms in total. The molecular formula is C13H20NO3P. The Kier molecular flexibility index (Phi) is 4.44. The summed E-state index contributed by atoms with van der Waals surface area (Å²) in [5, 5.41) is 3.29. The van der Waals surface area contributed by atoms with Crippen molar-refractivity contribution in [3.8, 4) is 0 Å². The van der Waals surface area contributed by atoms with Crippen LogP contribution in [0, 0.1) is 0 Å². The molecule has 0 bridgehead atoms. The molecule has 0 aromatic heterocycles. The predicted octanol–water partition coefficient (Wildman–Crippen LogP) is 3.64. The number of rotatable bonds is 5. The molecule has 0 fully saturated rings. The van der Waals surface area contributed by atoms with Crippen LogP contribution in [-0.2, 0) is 20.0 Å². The topological polar surface area (TPSA) is 47.6 Å². The highest BCUT2D eigenvalue weighted by atomic mass is 31.2. The molecule has 0 spiro atoms. The van der Waals surface area contributed by atoms with Crippen LogP contribution in [0.25, 0.3) is 0 Å². The quantitative estimate of drug-likeness (QED) is 0.829. The van der Waals surface area contributed by atoms with E-state index in [1.165, 1.54) is 5.56 Å². The second-order valence-corrected chi connectivity index (χ2v) is 6.45. The van der Waals surface area contributed by atoms with Gasteiger partial charge in [0, 0.05) is 5.69 Å². The fraction of sp³-hybridized carbons (Fsp3) is 0.538. The molecule has 1 aromatic carbocycles. The van der Waals surface area contributed by atoms with Crippen LogP contribution >= 0.6 is 7.60 Å². The van der Waals surface area contributed by atoms with Crippen molar-refractivity contribution in [1.82, 2.24) is 0 Å². The summed E-state index contributed by atoms with van der Waals surface area (Å²) in [6.45, 7) is 4.47. The van der Waals surface area contributed by atoms with E-state index < -0.39 is 7.60 Å². The van der Waals surface area contributed by atoms with E-state index in [9.17, 15) is 4.57 Å². The van der Waals surface area contributed by atoms with Gasteiger partial charge in [-0.2, -0.15) is 0 Å². The lowest BCUT2D eigenvalue weighted by atomic mass is 10.0. The summed E-state index contributed by atoms with van der Waals surface area (Å²) in [5.74, 6) is -0.243. The number of hydrogen-bond acceptors (Lipinski definition) is 4. The van der Waals surface area contributed by atoms with Crippen molar-refractivity contribution in [2.24, 2.45) is 0 Å². The highest BCUT2D eigenvalue weighted by Gasteiger charge is 2.37. The van der Waals surface area contributed by atoms with Gasteiger partial charge in [0.2, 0.25) is 0 Å². The van der Waals surface area contributed by atoms with Gasteiger partial charge in [0.15, 0.2) is 0 Å². The summed E-state index contributed by atoms with van der Waals surface area (Å²) in [7, 11) is -3.06. The lowest BCUT2D eigenvalue weighted by molar-refractivity contribution is 0.212. The van der Waals surface area contributed by atoms with Gasteiger partial charge >= 0.3 is 7.60 Å². The van der Waals surface area contributed by atoms with Gasteiger partial charge in [-0.1, -0.05) is 18.2 Å². The lowest BCUT2D eigenvalue weighted by Gasteiger charge is -2.31. The first kappa shape index (κ1) is 13.6. The van der Waals surface area contributed by atoms with Gasteiger partial charge in [-0.15, -0.1) is 0 Å². The first-order valence-electron chi connectivity index (χ1n) is 6.43. The third-order valence-electron chi connectivity index (χ3n) is 3.03. The van der Waals surface area contributed by atoms with Gasteiger partial charge in [0.25, 0.3) is 0 Å². The molecule has 1 aliphatic rings. The molecule has 1 atom stereocenters. The van der Waals surface area contributed by atoms with Crippen molar-refractivity contribution < 1.29 is 13.6 Å². The van der Waals surface area contributed by atoms with Crippen molar-refractivity contribution in [1.29, 1.82) is 0 Å². The minimum absolute atomic E-state index is 0.243. The number of fused-ring (bicyclic) bond motifs is 1. The summed E-state index contributed by atoms with van der Waals surface area (Å²) in [6, 6.07) is 8.08. The van der Waals surface area contributed by atoms with E-state index in [0.717, 1.165) is 18.5 Å². The molecule has 0 radical (unpaired) electrons. The molecule has 100 valence electrons. The van der Waals surface area contributed by atoms with E-state index in [0.29, 0.717) is 13.2 Å². The van der Waals surface area contributed by atoms with Crippen LogP contribution in [0.5, 0.6) is 0 Å². The van der Waals surface area contributed by atoms with E-state index in [4.69, 9.17) is 9.05 Å². The molecule has 0 amide bonds. The van der Waals surface area contributed by atoms with Gasteiger partial charge in [0.05, 0.1) is 13.2 Å². The van der Waals surface area contributed by atoms with Crippen LogP contribution in [0.4, 0.5) is 5.69 Å². The van der Waals surface area contributed by atoms with Crippen LogP contribution in [0.3, 0.4) is 0 Å². The zero-order valence-corrected chi connectivity index (χ0v) is 11.8. The van der Waals surface area contributed by atoms with E-state index >= 15 is 0 Å². The van der Waals surface area contributed by atoms with E-state index in [1.807, 2.05) is 32.0 Å². The van der Waals surface area contributed by atoms with Crippen molar-refractivity contribution >= 4 is 13.3 Å². The van der Waals surface area contributed by atoms with E-state index in [2.05, 4.69) is 11.4 Å². The van der Waals surface area contributed by atoms with Crippen LogP contribution in [0.2, 0.25) is 0 Å². The molecule has 1 heterocycles. The summed E-state index contributed by atoms with van der Waals surface area (Å²) in [4.78, 5) is 0. The SMILES string of the molecule is CCOP(=O)(OCC)C1CCc2ccccc2N1. The number of hydrogen-bond donors (Lipinski definition) is 1. The number of anilines is 1. The molecule has 0 saturated carbocycles. The van der Waals surface area contributed by atoms with E-state index in [1.54, 1.807) is 0 Å². The zero-order valence-electron chi connectivity index (χ0n) is 10.9. The molecule has 0 saturated heterocycles. The van der Waals surface area contributed by atoms with Crippen molar-refractivity contribution in [2.45, 2.75) is 32.5 Å². The number of benzene rings is 1. The molecule has 1 N–H and O–H groups in total. The maximum Gasteiger partial charge on any atom is 0.352 e. The van der Waals surface area contributed by atoms with Gasteiger partial charge < -0.3 is 14.4 Å². The standard InChI is InChI=1S/C13H20NO3P/c1-3-16-18(15,17-4-2)13-10-9-11-7-5-6-8-12(11)14-13/h5-8,13-14H,3-4,9-10H2,1-2H3. The second kappa shape index (κ2) is 5.87. The Morgan fingerprint density at radius 2 is 1.94 bits per heavy atom. The molecular weight excluding hydrogens is 249 g/mol. The number of aryl methyl sites for hydroxylation is 1. The molecule has 1 unspecified atom stereocenters. The Hall–Kier alpha value is -0.830. The van der Waals surface area contributed by atoms with Crippen LogP contribution < -0.4 is 5.32 Å². The van der Waals surface area contributed by atoms with Crippen molar-refractivity contribution in [3.05, 3.63) is 29.8 Å². The Bertz CT molecular complexity index is 440. The van der Waals surface area contributed by atoms with Crippen LogP contribution in [-0.4, -0.2) is 19.0 Å².